The predicted octanol–water partition coefficient (Wildman–Crippen LogP) is 1.22. The van der Waals surface area contributed by atoms with Gasteiger partial charge in [-0.15, -0.1) is 11.8 Å². The van der Waals surface area contributed by atoms with Crippen LogP contribution in [0.1, 0.15) is 12.0 Å². The van der Waals surface area contributed by atoms with Gasteiger partial charge in [0.2, 0.25) is 11.8 Å². The smallest absolute Gasteiger partial charge is 0.239 e. The van der Waals surface area contributed by atoms with Crippen LogP contribution >= 0.6 is 11.8 Å². The van der Waals surface area contributed by atoms with Crippen molar-refractivity contribution in [2.75, 3.05) is 12.8 Å². The molecule has 0 unspecified atom stereocenters. The van der Waals surface area contributed by atoms with Crippen LogP contribution in [0.25, 0.3) is 0 Å². The van der Waals surface area contributed by atoms with E-state index in [-0.39, 0.29) is 23.7 Å². The molecule has 18 heavy (non-hydrogen) atoms. The maximum absolute atomic E-state index is 11.7. The normalized spacial score (nSPS) is 18.4. The maximum atomic E-state index is 11.7. The SMILES string of the molecule is CS[C@H]1CC(=O)N1CC(=O)NCc1ccccc1. The van der Waals surface area contributed by atoms with Gasteiger partial charge < -0.3 is 10.2 Å². The summed E-state index contributed by atoms with van der Waals surface area (Å²) in [6.07, 6.45) is 2.50. The number of nitrogens with zero attached hydrogens (tertiary/aromatic N) is 1. The van der Waals surface area contributed by atoms with Crippen LogP contribution in [0.5, 0.6) is 0 Å². The number of thioether (sulfide) groups is 1. The second-order valence-electron chi connectivity index (χ2n) is 4.18. The molecule has 1 aromatic rings. The summed E-state index contributed by atoms with van der Waals surface area (Å²) in [6.45, 7) is 0.669. The molecule has 1 fully saturated rings. The number of rotatable bonds is 5. The van der Waals surface area contributed by atoms with Crippen molar-refractivity contribution in [3.63, 3.8) is 0 Å². The molecule has 5 heteroatoms. The molecule has 1 N–H and O–H groups in total. The molecule has 0 aromatic heterocycles. The lowest BCUT2D eigenvalue weighted by molar-refractivity contribution is -0.145. The van der Waals surface area contributed by atoms with Crippen LogP contribution in [0.4, 0.5) is 0 Å². The van der Waals surface area contributed by atoms with Crippen molar-refractivity contribution in [2.45, 2.75) is 18.3 Å². The van der Waals surface area contributed by atoms with Crippen molar-refractivity contribution in [1.29, 1.82) is 0 Å². The van der Waals surface area contributed by atoms with E-state index in [4.69, 9.17) is 0 Å². The zero-order valence-electron chi connectivity index (χ0n) is 10.3. The van der Waals surface area contributed by atoms with Gasteiger partial charge in [0.25, 0.3) is 0 Å². The zero-order valence-corrected chi connectivity index (χ0v) is 11.1. The topological polar surface area (TPSA) is 49.4 Å². The van der Waals surface area contributed by atoms with Gasteiger partial charge >= 0.3 is 0 Å². The average molecular weight is 264 g/mol. The Morgan fingerprint density at radius 3 is 2.78 bits per heavy atom. The number of nitrogens with one attached hydrogen (secondary N) is 1. The Hall–Kier alpha value is -1.49. The summed E-state index contributed by atoms with van der Waals surface area (Å²) in [7, 11) is 0. The van der Waals surface area contributed by atoms with Crippen LogP contribution in [0.2, 0.25) is 0 Å². The molecule has 1 aromatic carbocycles. The van der Waals surface area contributed by atoms with E-state index in [9.17, 15) is 9.59 Å². The Morgan fingerprint density at radius 2 is 2.17 bits per heavy atom. The van der Waals surface area contributed by atoms with Crippen LogP contribution in [0.3, 0.4) is 0 Å². The molecule has 0 radical (unpaired) electrons. The van der Waals surface area contributed by atoms with E-state index in [1.54, 1.807) is 16.7 Å². The third-order valence-corrected chi connectivity index (χ3v) is 3.90. The van der Waals surface area contributed by atoms with E-state index in [0.29, 0.717) is 13.0 Å². The first-order valence-electron chi connectivity index (χ1n) is 5.83. The van der Waals surface area contributed by atoms with Gasteiger partial charge in [0.15, 0.2) is 0 Å². The Bertz CT molecular complexity index is 436. The van der Waals surface area contributed by atoms with Gasteiger partial charge in [-0.2, -0.15) is 0 Å². The fraction of sp³-hybridized carbons (Fsp3) is 0.385. The van der Waals surface area contributed by atoms with E-state index in [0.717, 1.165) is 5.56 Å². The summed E-state index contributed by atoms with van der Waals surface area (Å²) >= 11 is 1.60. The molecule has 1 aliphatic heterocycles. The lowest BCUT2D eigenvalue weighted by atomic mass is 10.2. The van der Waals surface area contributed by atoms with Gasteiger partial charge in [0.05, 0.1) is 11.8 Å². The van der Waals surface area contributed by atoms with Gasteiger partial charge in [0.1, 0.15) is 6.54 Å². The minimum Gasteiger partial charge on any atom is -0.350 e. The quantitative estimate of drug-likeness (QED) is 0.814. The fourth-order valence-corrected chi connectivity index (χ4v) is 2.59. The maximum Gasteiger partial charge on any atom is 0.239 e. The number of likely N-dealkylation sites (tertiary alicyclic amines) is 1. The lowest BCUT2D eigenvalue weighted by Crippen LogP contribution is -2.54. The molecule has 0 bridgehead atoms. The van der Waals surface area contributed by atoms with Crippen LogP contribution < -0.4 is 5.32 Å². The lowest BCUT2D eigenvalue weighted by Gasteiger charge is -2.38. The fourth-order valence-electron chi connectivity index (χ4n) is 1.83. The summed E-state index contributed by atoms with van der Waals surface area (Å²) in [4.78, 5) is 24.7. The predicted molar refractivity (Wildman–Crippen MR) is 71.9 cm³/mol. The zero-order chi connectivity index (χ0) is 13.0. The average Bonchev–Trinajstić information content (AvgIpc) is 2.41. The summed E-state index contributed by atoms with van der Waals surface area (Å²) < 4.78 is 0. The van der Waals surface area contributed by atoms with Gasteiger partial charge in [-0.3, -0.25) is 9.59 Å². The largest absolute Gasteiger partial charge is 0.350 e. The minimum atomic E-state index is -0.106. The second kappa shape index (κ2) is 5.91. The molecule has 4 nitrogen and oxygen atoms in total. The Kier molecular flexibility index (Phi) is 4.25. The number of carbonyl (C=O) groups excluding carboxylic acids is 2. The van der Waals surface area contributed by atoms with Gasteiger partial charge in [-0.05, 0) is 11.8 Å². The molecule has 1 heterocycles. The first-order chi connectivity index (χ1) is 8.70. The monoisotopic (exact) mass is 264 g/mol. The van der Waals surface area contributed by atoms with E-state index in [1.165, 1.54) is 0 Å². The van der Waals surface area contributed by atoms with Crippen molar-refractivity contribution in [2.24, 2.45) is 0 Å². The van der Waals surface area contributed by atoms with Gasteiger partial charge in [0, 0.05) is 6.54 Å². The number of benzene rings is 1. The van der Waals surface area contributed by atoms with E-state index >= 15 is 0 Å². The molecule has 1 aliphatic rings. The summed E-state index contributed by atoms with van der Waals surface area (Å²) in [5, 5.41) is 2.99. The number of carbonyl (C=O) groups is 2. The van der Waals surface area contributed by atoms with Crippen molar-refractivity contribution in [3.8, 4) is 0 Å². The van der Waals surface area contributed by atoms with Crippen molar-refractivity contribution in [3.05, 3.63) is 35.9 Å². The molecular formula is C13H16N2O2S. The van der Waals surface area contributed by atoms with Crippen molar-refractivity contribution >= 4 is 23.6 Å². The van der Waals surface area contributed by atoms with E-state index in [1.807, 2.05) is 36.6 Å². The molecule has 0 spiro atoms. The van der Waals surface area contributed by atoms with Crippen LogP contribution in [0.15, 0.2) is 30.3 Å². The van der Waals surface area contributed by atoms with Crippen LogP contribution in [-0.4, -0.2) is 34.9 Å². The summed E-state index contributed by atoms with van der Waals surface area (Å²) in [5.74, 6) is -0.0461. The van der Waals surface area contributed by atoms with Crippen molar-refractivity contribution < 1.29 is 9.59 Å². The van der Waals surface area contributed by atoms with Crippen LogP contribution in [-0.2, 0) is 16.1 Å². The van der Waals surface area contributed by atoms with E-state index < -0.39 is 0 Å². The third-order valence-electron chi connectivity index (χ3n) is 2.94. The van der Waals surface area contributed by atoms with Crippen LogP contribution in [0, 0.1) is 0 Å². The molecule has 1 saturated heterocycles. The van der Waals surface area contributed by atoms with Gasteiger partial charge in [-0.1, -0.05) is 30.3 Å². The molecule has 96 valence electrons. The highest BCUT2D eigenvalue weighted by Gasteiger charge is 2.36. The number of hydrogen-bond acceptors (Lipinski definition) is 3. The molecule has 2 amide bonds. The highest BCUT2D eigenvalue weighted by atomic mass is 32.2. The highest BCUT2D eigenvalue weighted by Crippen LogP contribution is 2.26. The Labute approximate surface area is 111 Å². The Morgan fingerprint density at radius 1 is 1.44 bits per heavy atom. The first-order valence-corrected chi connectivity index (χ1v) is 7.12. The molecule has 0 saturated carbocycles. The standard InChI is InChI=1S/C13H16N2O2S/c1-18-13-7-12(17)15(13)9-11(16)14-8-10-5-3-2-4-6-10/h2-6,13H,7-9H2,1H3,(H,14,16)/t13-/m0/s1. The first kappa shape index (κ1) is 13.0. The van der Waals surface area contributed by atoms with E-state index in [2.05, 4.69) is 5.32 Å². The Balaban J connectivity index is 1.77. The molecule has 2 rings (SSSR count). The molecule has 1 atom stereocenters. The molecule has 0 aliphatic carbocycles. The minimum absolute atomic E-state index is 0.0595. The summed E-state index contributed by atoms with van der Waals surface area (Å²) in [5.41, 5.74) is 1.06. The van der Waals surface area contributed by atoms with Gasteiger partial charge in [-0.25, -0.2) is 0 Å². The van der Waals surface area contributed by atoms with Crippen molar-refractivity contribution in [1.82, 2.24) is 10.2 Å². The third kappa shape index (κ3) is 3.04. The highest BCUT2D eigenvalue weighted by molar-refractivity contribution is 7.99. The summed E-state index contributed by atoms with van der Waals surface area (Å²) in [6, 6.07) is 9.72. The number of hydrogen-bond donors (Lipinski definition) is 1. The second-order valence-corrected chi connectivity index (χ2v) is 5.19. The number of β-lactam (4-membered cyclic amide) rings is 1. The molecular weight excluding hydrogens is 248 g/mol. The number of amides is 2.